The number of nitrogen functional groups attached to an aromatic ring is 1. The minimum absolute atomic E-state index is 0.246. The van der Waals surface area contributed by atoms with Gasteiger partial charge in [-0.2, -0.15) is 0 Å². The van der Waals surface area contributed by atoms with E-state index in [1.165, 1.54) is 13.2 Å². The highest BCUT2D eigenvalue weighted by molar-refractivity contribution is 5.92. The molecule has 1 aromatic carbocycles. The van der Waals surface area contributed by atoms with Crippen molar-refractivity contribution < 1.29 is 18.7 Å². The Kier molecular flexibility index (Phi) is 4.61. The number of hydrogen-bond acceptors (Lipinski definition) is 5. The molecule has 1 aromatic heterocycles. The zero-order valence-corrected chi connectivity index (χ0v) is 11.5. The first kappa shape index (κ1) is 14.6. The number of carbonyl (C=O) groups excluding carboxylic acids is 2. The van der Waals surface area contributed by atoms with E-state index in [0.29, 0.717) is 17.0 Å². The molecular formula is C15H16N2O4. The Hall–Kier alpha value is -2.76. The minimum atomic E-state index is -0.898. The molecule has 1 amide bonds. The Morgan fingerprint density at radius 3 is 2.62 bits per heavy atom. The molecule has 2 aromatic rings. The van der Waals surface area contributed by atoms with Crippen LogP contribution in [0.25, 0.3) is 0 Å². The topological polar surface area (TPSA) is 94.6 Å². The van der Waals surface area contributed by atoms with Gasteiger partial charge in [0.2, 0.25) is 0 Å². The van der Waals surface area contributed by atoms with Crippen molar-refractivity contribution in [3.8, 4) is 0 Å². The van der Waals surface area contributed by atoms with Gasteiger partial charge < -0.3 is 20.2 Å². The van der Waals surface area contributed by atoms with Gasteiger partial charge in [-0.05, 0) is 43.3 Å². The van der Waals surface area contributed by atoms with Crippen LogP contribution in [0.2, 0.25) is 0 Å². The highest BCUT2D eigenvalue weighted by Crippen LogP contribution is 2.08. The molecule has 0 radical (unpaired) electrons. The Labute approximate surface area is 121 Å². The van der Waals surface area contributed by atoms with Gasteiger partial charge in [0.1, 0.15) is 5.76 Å². The second-order valence-electron chi connectivity index (χ2n) is 4.47. The van der Waals surface area contributed by atoms with Crippen LogP contribution in [0.15, 0.2) is 47.1 Å². The average Bonchev–Trinajstić information content (AvgIpc) is 2.98. The predicted molar refractivity (Wildman–Crippen MR) is 76.3 cm³/mol. The second kappa shape index (κ2) is 6.60. The molecule has 110 valence electrons. The van der Waals surface area contributed by atoms with Crippen molar-refractivity contribution in [2.24, 2.45) is 0 Å². The summed E-state index contributed by atoms with van der Waals surface area (Å²) in [4.78, 5) is 23.7. The summed E-state index contributed by atoms with van der Waals surface area (Å²) in [6.45, 7) is 1.75. The molecule has 0 saturated carbocycles. The monoisotopic (exact) mass is 288 g/mol. The van der Waals surface area contributed by atoms with Gasteiger partial charge >= 0.3 is 5.97 Å². The lowest BCUT2D eigenvalue weighted by Gasteiger charge is -2.13. The minimum Gasteiger partial charge on any atom is -0.467 e. The van der Waals surface area contributed by atoms with Crippen molar-refractivity contribution in [2.75, 3.05) is 5.73 Å². The molecule has 0 aliphatic rings. The highest BCUT2D eigenvalue weighted by atomic mass is 16.5. The number of esters is 1. The molecule has 1 unspecified atom stereocenters. The van der Waals surface area contributed by atoms with E-state index in [1.54, 1.807) is 36.4 Å². The lowest BCUT2D eigenvalue weighted by atomic mass is 10.2. The number of amides is 1. The van der Waals surface area contributed by atoms with Crippen LogP contribution in [0.3, 0.4) is 0 Å². The summed E-state index contributed by atoms with van der Waals surface area (Å²) in [7, 11) is 0. The van der Waals surface area contributed by atoms with E-state index in [1.807, 2.05) is 0 Å². The van der Waals surface area contributed by atoms with Gasteiger partial charge in [0, 0.05) is 5.69 Å². The van der Waals surface area contributed by atoms with Gasteiger partial charge in [-0.3, -0.25) is 4.79 Å². The summed E-state index contributed by atoms with van der Waals surface area (Å²) in [6.07, 6.45) is 0.622. The van der Waals surface area contributed by atoms with Crippen LogP contribution in [0, 0.1) is 0 Å². The predicted octanol–water partition coefficient (Wildman–Crippen LogP) is 1.72. The third-order valence-electron chi connectivity index (χ3n) is 2.82. The summed E-state index contributed by atoms with van der Waals surface area (Å²) in [6, 6.07) is 9.75. The van der Waals surface area contributed by atoms with Crippen molar-refractivity contribution in [1.82, 2.24) is 5.32 Å². The number of anilines is 1. The average molecular weight is 288 g/mol. The molecule has 3 N–H and O–H groups in total. The molecule has 0 aliphatic heterocycles. The molecule has 2 rings (SSSR count). The maximum Gasteiger partial charge on any atom is 0.338 e. The molecule has 0 fully saturated rings. The van der Waals surface area contributed by atoms with Gasteiger partial charge in [-0.15, -0.1) is 0 Å². The van der Waals surface area contributed by atoms with Gasteiger partial charge in [-0.1, -0.05) is 0 Å². The molecule has 0 bridgehead atoms. The largest absolute Gasteiger partial charge is 0.467 e. The number of hydrogen-bond donors (Lipinski definition) is 2. The first-order valence-electron chi connectivity index (χ1n) is 6.43. The highest BCUT2D eigenvalue weighted by Gasteiger charge is 2.18. The van der Waals surface area contributed by atoms with Crippen molar-refractivity contribution in [3.05, 3.63) is 54.0 Å². The van der Waals surface area contributed by atoms with Crippen LogP contribution >= 0.6 is 0 Å². The van der Waals surface area contributed by atoms with Crippen molar-refractivity contribution in [3.63, 3.8) is 0 Å². The fraction of sp³-hybridized carbons (Fsp3) is 0.200. The van der Waals surface area contributed by atoms with Crippen LogP contribution in [-0.4, -0.2) is 18.0 Å². The van der Waals surface area contributed by atoms with Crippen molar-refractivity contribution >= 4 is 17.6 Å². The number of ether oxygens (including phenoxy) is 1. The molecule has 0 aliphatic carbocycles. The Bertz CT molecular complexity index is 605. The maximum atomic E-state index is 11.8. The van der Waals surface area contributed by atoms with Crippen LogP contribution in [0.1, 0.15) is 23.0 Å². The fourth-order valence-corrected chi connectivity index (χ4v) is 1.63. The third-order valence-corrected chi connectivity index (χ3v) is 2.82. The fourth-order valence-electron chi connectivity index (χ4n) is 1.63. The van der Waals surface area contributed by atoms with E-state index >= 15 is 0 Å². The number of benzene rings is 1. The van der Waals surface area contributed by atoms with Crippen molar-refractivity contribution in [2.45, 2.75) is 19.6 Å². The van der Waals surface area contributed by atoms with E-state index < -0.39 is 18.0 Å². The number of rotatable bonds is 5. The lowest BCUT2D eigenvalue weighted by molar-refractivity contribution is -0.129. The van der Waals surface area contributed by atoms with Gasteiger partial charge in [0.05, 0.1) is 18.4 Å². The van der Waals surface area contributed by atoms with Crippen molar-refractivity contribution in [1.29, 1.82) is 0 Å². The maximum absolute atomic E-state index is 11.8. The molecule has 0 saturated heterocycles. The van der Waals surface area contributed by atoms with E-state index in [9.17, 15) is 9.59 Å². The zero-order chi connectivity index (χ0) is 15.2. The molecule has 6 nitrogen and oxygen atoms in total. The Morgan fingerprint density at radius 2 is 2.00 bits per heavy atom. The summed E-state index contributed by atoms with van der Waals surface area (Å²) in [5, 5.41) is 2.62. The van der Waals surface area contributed by atoms with E-state index in [4.69, 9.17) is 14.9 Å². The summed E-state index contributed by atoms with van der Waals surface area (Å²) in [5.74, 6) is -0.341. The van der Waals surface area contributed by atoms with E-state index in [-0.39, 0.29) is 6.54 Å². The van der Waals surface area contributed by atoms with Crippen LogP contribution in [0.4, 0.5) is 5.69 Å². The van der Waals surface area contributed by atoms with Gasteiger partial charge in [-0.25, -0.2) is 4.79 Å². The van der Waals surface area contributed by atoms with Crippen LogP contribution < -0.4 is 11.1 Å². The van der Waals surface area contributed by atoms with E-state index in [2.05, 4.69) is 5.32 Å². The Morgan fingerprint density at radius 1 is 1.29 bits per heavy atom. The molecule has 1 heterocycles. The third kappa shape index (κ3) is 4.10. The molecule has 21 heavy (non-hydrogen) atoms. The lowest BCUT2D eigenvalue weighted by Crippen LogP contribution is -2.35. The van der Waals surface area contributed by atoms with Gasteiger partial charge in [0.15, 0.2) is 6.10 Å². The van der Waals surface area contributed by atoms with Crippen LogP contribution in [0.5, 0.6) is 0 Å². The number of furan rings is 1. The van der Waals surface area contributed by atoms with Crippen LogP contribution in [-0.2, 0) is 16.1 Å². The van der Waals surface area contributed by atoms with E-state index in [0.717, 1.165) is 0 Å². The first-order chi connectivity index (χ1) is 10.1. The molecule has 6 heteroatoms. The summed E-state index contributed by atoms with van der Waals surface area (Å²) in [5.41, 5.74) is 6.43. The molecule has 1 atom stereocenters. The normalized spacial score (nSPS) is 11.7. The standard InChI is InChI=1S/C15H16N2O4/c1-10(14(18)17-9-13-3-2-8-20-13)21-15(19)11-4-6-12(16)7-5-11/h2-8,10H,9,16H2,1H3,(H,17,18). The number of nitrogens with two attached hydrogens (primary N) is 1. The zero-order valence-electron chi connectivity index (χ0n) is 11.5. The SMILES string of the molecule is CC(OC(=O)c1ccc(N)cc1)C(=O)NCc1ccco1. The number of carbonyl (C=O) groups is 2. The Balaban J connectivity index is 1.85. The quantitative estimate of drug-likeness (QED) is 0.645. The smallest absolute Gasteiger partial charge is 0.338 e. The van der Waals surface area contributed by atoms with Gasteiger partial charge in [0.25, 0.3) is 5.91 Å². The summed E-state index contributed by atoms with van der Waals surface area (Å²) < 4.78 is 10.2. The summed E-state index contributed by atoms with van der Waals surface area (Å²) >= 11 is 0. The first-order valence-corrected chi connectivity index (χ1v) is 6.43. The second-order valence-corrected chi connectivity index (χ2v) is 4.47. The molecule has 0 spiro atoms. The molecular weight excluding hydrogens is 272 g/mol. The number of nitrogens with one attached hydrogen (secondary N) is 1.